The van der Waals surface area contributed by atoms with Gasteiger partial charge in [-0.3, -0.25) is 4.79 Å². The first-order valence-corrected chi connectivity index (χ1v) is 7.14. The Kier molecular flexibility index (Phi) is 7.19. The molecule has 0 spiro atoms. The Morgan fingerprint density at radius 2 is 1.95 bits per heavy atom. The summed E-state index contributed by atoms with van der Waals surface area (Å²) in [6.07, 6.45) is 0. The number of carbonyl (C=O) groups excluding carboxylic acids is 1. The number of amides is 1. The Bertz CT molecular complexity index is 441. The molecule has 0 unspecified atom stereocenters. The van der Waals surface area contributed by atoms with Gasteiger partial charge in [-0.05, 0) is 26.8 Å². The van der Waals surface area contributed by atoms with Crippen molar-refractivity contribution in [3.05, 3.63) is 29.8 Å². The Labute approximate surface area is 127 Å². The van der Waals surface area contributed by atoms with E-state index >= 15 is 0 Å². The number of carbonyl (C=O) groups is 1. The normalized spacial score (nSPS) is 11.2. The van der Waals surface area contributed by atoms with Gasteiger partial charge >= 0.3 is 0 Å². The highest BCUT2D eigenvalue weighted by Gasteiger charge is 2.14. The van der Waals surface area contributed by atoms with Crippen LogP contribution in [0.25, 0.3) is 0 Å². The molecule has 0 aliphatic carbocycles. The van der Waals surface area contributed by atoms with Crippen LogP contribution in [0, 0.1) is 0 Å². The summed E-state index contributed by atoms with van der Waals surface area (Å²) in [5.74, 6) is 0.608. The first-order valence-electron chi connectivity index (χ1n) is 7.14. The van der Waals surface area contributed by atoms with Gasteiger partial charge in [-0.15, -0.1) is 0 Å². The largest absolute Gasteiger partial charge is 0.483 e. The fourth-order valence-corrected chi connectivity index (χ4v) is 1.79. The first kappa shape index (κ1) is 17.5. The molecule has 0 saturated carbocycles. The topological polar surface area (TPSA) is 59.6 Å². The predicted octanol–water partition coefficient (Wildman–Crippen LogP) is 1.72. The lowest BCUT2D eigenvalue weighted by Crippen LogP contribution is -2.43. The number of para-hydroxylation sites is 1. The number of rotatable bonds is 8. The molecule has 1 aromatic rings. The zero-order chi connectivity index (χ0) is 15.7. The summed E-state index contributed by atoms with van der Waals surface area (Å²) in [6, 6.07) is 7.71. The molecule has 0 saturated heterocycles. The van der Waals surface area contributed by atoms with Crippen molar-refractivity contribution >= 4 is 5.91 Å². The molecule has 5 heteroatoms. The van der Waals surface area contributed by atoms with Crippen molar-refractivity contribution in [3.63, 3.8) is 0 Å². The van der Waals surface area contributed by atoms with Gasteiger partial charge in [0.05, 0.1) is 6.61 Å². The lowest BCUT2D eigenvalue weighted by molar-refractivity contribution is -0.124. The Morgan fingerprint density at radius 3 is 2.62 bits per heavy atom. The molecular weight excluding hydrogens is 268 g/mol. The number of benzene rings is 1. The summed E-state index contributed by atoms with van der Waals surface area (Å²) in [7, 11) is 1.67. The van der Waals surface area contributed by atoms with E-state index in [4.69, 9.17) is 9.47 Å². The minimum atomic E-state index is -0.248. The molecule has 0 aliphatic heterocycles. The van der Waals surface area contributed by atoms with Gasteiger partial charge in [-0.2, -0.15) is 0 Å². The number of hydrogen-bond acceptors (Lipinski definition) is 4. The summed E-state index contributed by atoms with van der Waals surface area (Å²) in [6.45, 7) is 7.97. The second-order valence-electron chi connectivity index (χ2n) is 5.86. The maximum Gasteiger partial charge on any atom is 0.258 e. The van der Waals surface area contributed by atoms with Crippen molar-refractivity contribution in [2.45, 2.75) is 32.9 Å². The smallest absolute Gasteiger partial charge is 0.258 e. The summed E-state index contributed by atoms with van der Waals surface area (Å²) in [4.78, 5) is 11.8. The van der Waals surface area contributed by atoms with E-state index in [1.165, 1.54) is 0 Å². The van der Waals surface area contributed by atoms with Gasteiger partial charge in [-0.1, -0.05) is 18.2 Å². The van der Waals surface area contributed by atoms with Crippen molar-refractivity contribution in [2.75, 3.05) is 26.9 Å². The summed E-state index contributed by atoms with van der Waals surface area (Å²) in [5.41, 5.74) is 0.777. The lowest BCUT2D eigenvalue weighted by atomic mass is 10.1. The van der Waals surface area contributed by atoms with Crippen LogP contribution < -0.4 is 15.4 Å². The van der Waals surface area contributed by atoms with Crippen LogP contribution in [0.2, 0.25) is 0 Å². The van der Waals surface area contributed by atoms with Crippen molar-refractivity contribution in [1.29, 1.82) is 0 Å². The fourth-order valence-electron chi connectivity index (χ4n) is 1.79. The molecule has 0 heterocycles. The van der Waals surface area contributed by atoms with Gasteiger partial charge < -0.3 is 20.1 Å². The lowest BCUT2D eigenvalue weighted by Gasteiger charge is -2.20. The van der Waals surface area contributed by atoms with E-state index in [0.29, 0.717) is 13.2 Å². The van der Waals surface area contributed by atoms with Crippen LogP contribution in [0.3, 0.4) is 0 Å². The summed E-state index contributed by atoms with van der Waals surface area (Å²) in [5, 5.41) is 6.14. The van der Waals surface area contributed by atoms with E-state index in [0.717, 1.165) is 17.9 Å². The minimum absolute atomic E-state index is 0.0202. The molecule has 0 atom stereocenters. The zero-order valence-electron chi connectivity index (χ0n) is 13.4. The number of ether oxygens (including phenoxy) is 2. The third kappa shape index (κ3) is 7.68. The minimum Gasteiger partial charge on any atom is -0.483 e. The third-order valence-electron chi connectivity index (χ3n) is 2.64. The van der Waals surface area contributed by atoms with E-state index in [-0.39, 0.29) is 18.1 Å². The van der Waals surface area contributed by atoms with Crippen molar-refractivity contribution in [2.24, 2.45) is 0 Å². The Balaban J connectivity index is 2.49. The van der Waals surface area contributed by atoms with Crippen LogP contribution in [-0.4, -0.2) is 38.3 Å². The number of hydrogen-bond donors (Lipinski definition) is 2. The van der Waals surface area contributed by atoms with Gasteiger partial charge in [0.25, 0.3) is 5.91 Å². The number of methoxy groups -OCH3 is 1. The van der Waals surface area contributed by atoms with Crippen LogP contribution in [0.15, 0.2) is 24.3 Å². The van der Waals surface area contributed by atoms with Gasteiger partial charge in [0.2, 0.25) is 0 Å². The molecule has 0 aromatic heterocycles. The molecule has 1 amide bonds. The van der Waals surface area contributed by atoms with Gasteiger partial charge in [-0.25, -0.2) is 0 Å². The Hall–Kier alpha value is -1.59. The Morgan fingerprint density at radius 1 is 1.24 bits per heavy atom. The monoisotopic (exact) mass is 294 g/mol. The van der Waals surface area contributed by atoms with Gasteiger partial charge in [0.1, 0.15) is 5.75 Å². The van der Waals surface area contributed by atoms with Crippen molar-refractivity contribution < 1.29 is 14.3 Å². The molecule has 1 rings (SSSR count). The quantitative estimate of drug-likeness (QED) is 0.717. The molecule has 0 bridgehead atoms. The van der Waals surface area contributed by atoms with E-state index in [1.807, 2.05) is 45.0 Å². The van der Waals surface area contributed by atoms with E-state index in [2.05, 4.69) is 10.6 Å². The number of nitrogens with one attached hydrogen (secondary N) is 2. The highest BCUT2D eigenvalue weighted by Crippen LogP contribution is 2.17. The molecule has 118 valence electrons. The van der Waals surface area contributed by atoms with E-state index in [9.17, 15) is 4.79 Å². The zero-order valence-corrected chi connectivity index (χ0v) is 13.4. The fraction of sp³-hybridized carbons (Fsp3) is 0.562. The van der Waals surface area contributed by atoms with Crippen LogP contribution in [0.5, 0.6) is 5.75 Å². The van der Waals surface area contributed by atoms with Crippen molar-refractivity contribution in [3.8, 4) is 5.75 Å². The predicted molar refractivity (Wildman–Crippen MR) is 83.4 cm³/mol. The highest BCUT2D eigenvalue weighted by molar-refractivity contribution is 5.78. The molecular formula is C16H26N2O3. The summed E-state index contributed by atoms with van der Waals surface area (Å²) >= 11 is 0. The molecule has 21 heavy (non-hydrogen) atoms. The molecule has 2 N–H and O–H groups in total. The average Bonchev–Trinajstić information content (AvgIpc) is 2.40. The second-order valence-corrected chi connectivity index (χ2v) is 5.86. The molecule has 0 radical (unpaired) electrons. The maximum atomic E-state index is 11.8. The first-order chi connectivity index (χ1) is 9.92. The maximum absolute atomic E-state index is 11.8. The average molecular weight is 294 g/mol. The van der Waals surface area contributed by atoms with Gasteiger partial charge in [0, 0.05) is 31.3 Å². The highest BCUT2D eigenvalue weighted by atomic mass is 16.5. The SMILES string of the molecule is COCCNCc1ccccc1OCC(=O)NC(C)(C)C. The van der Waals surface area contributed by atoms with Crippen LogP contribution in [-0.2, 0) is 16.1 Å². The van der Waals surface area contributed by atoms with Gasteiger partial charge in [0.15, 0.2) is 6.61 Å². The molecule has 1 aromatic carbocycles. The van der Waals surface area contributed by atoms with Crippen LogP contribution >= 0.6 is 0 Å². The molecule has 5 nitrogen and oxygen atoms in total. The third-order valence-corrected chi connectivity index (χ3v) is 2.64. The van der Waals surface area contributed by atoms with Crippen LogP contribution in [0.4, 0.5) is 0 Å². The second kappa shape index (κ2) is 8.64. The molecule has 0 aliphatic rings. The van der Waals surface area contributed by atoms with Crippen molar-refractivity contribution in [1.82, 2.24) is 10.6 Å². The van der Waals surface area contributed by atoms with E-state index in [1.54, 1.807) is 7.11 Å². The van der Waals surface area contributed by atoms with Crippen LogP contribution in [0.1, 0.15) is 26.3 Å². The summed E-state index contributed by atoms with van der Waals surface area (Å²) < 4.78 is 10.6. The van der Waals surface area contributed by atoms with E-state index < -0.39 is 0 Å². The molecule has 0 fully saturated rings. The standard InChI is InChI=1S/C16H26N2O3/c1-16(2,3)18-15(19)12-21-14-8-6-5-7-13(14)11-17-9-10-20-4/h5-8,17H,9-12H2,1-4H3,(H,18,19).